The third-order valence-electron chi connectivity index (χ3n) is 3.52. The molecule has 110 valence electrons. The van der Waals surface area contributed by atoms with Gasteiger partial charge in [0.2, 0.25) is 0 Å². The fourth-order valence-electron chi connectivity index (χ4n) is 2.50. The van der Waals surface area contributed by atoms with Crippen LogP contribution in [0.15, 0.2) is 46.3 Å². The Balaban J connectivity index is 1.98. The zero-order chi connectivity index (χ0) is 14.8. The van der Waals surface area contributed by atoms with Gasteiger partial charge >= 0.3 is 0 Å². The Morgan fingerprint density at radius 1 is 1.24 bits per heavy atom. The van der Waals surface area contributed by atoms with E-state index in [9.17, 15) is 0 Å². The van der Waals surface area contributed by atoms with Crippen LogP contribution in [0.5, 0.6) is 0 Å². The fourth-order valence-corrected chi connectivity index (χ4v) is 3.94. The quantitative estimate of drug-likeness (QED) is 0.674. The maximum absolute atomic E-state index is 3.54. The van der Waals surface area contributed by atoms with Gasteiger partial charge in [0.05, 0.1) is 6.54 Å². The molecule has 2 nitrogen and oxygen atoms in total. The van der Waals surface area contributed by atoms with E-state index in [-0.39, 0.29) is 0 Å². The van der Waals surface area contributed by atoms with Crippen molar-refractivity contribution in [2.24, 2.45) is 0 Å². The van der Waals surface area contributed by atoms with Gasteiger partial charge in [0, 0.05) is 38.5 Å². The molecule has 1 N–H and O–H groups in total. The van der Waals surface area contributed by atoms with Gasteiger partial charge in [-0.1, -0.05) is 32.0 Å². The molecule has 1 aromatic carbocycles. The number of para-hydroxylation sites is 1. The highest BCUT2D eigenvalue weighted by Crippen LogP contribution is 2.25. The molecule has 3 rings (SSSR count). The summed E-state index contributed by atoms with van der Waals surface area (Å²) >= 11 is 5.34. The number of nitrogens with one attached hydrogen (secondary N) is 1. The van der Waals surface area contributed by atoms with Crippen LogP contribution in [-0.2, 0) is 13.1 Å². The van der Waals surface area contributed by atoms with E-state index in [1.807, 2.05) is 0 Å². The van der Waals surface area contributed by atoms with Crippen molar-refractivity contribution >= 4 is 38.2 Å². The van der Waals surface area contributed by atoms with Crippen LogP contribution in [0.3, 0.4) is 0 Å². The van der Waals surface area contributed by atoms with Crippen LogP contribution in [0.25, 0.3) is 10.9 Å². The highest BCUT2D eigenvalue weighted by molar-refractivity contribution is 9.10. The zero-order valence-electron chi connectivity index (χ0n) is 12.3. The summed E-state index contributed by atoms with van der Waals surface area (Å²) in [6, 6.07) is 13.6. The van der Waals surface area contributed by atoms with Gasteiger partial charge in [-0.15, -0.1) is 11.3 Å². The van der Waals surface area contributed by atoms with E-state index in [0.717, 1.165) is 13.1 Å². The molecule has 0 bridgehead atoms. The summed E-state index contributed by atoms with van der Waals surface area (Å²) in [6.45, 7) is 6.20. The summed E-state index contributed by atoms with van der Waals surface area (Å²) in [7, 11) is 0. The van der Waals surface area contributed by atoms with Crippen molar-refractivity contribution < 1.29 is 0 Å². The lowest BCUT2D eigenvalue weighted by atomic mass is 10.2. The van der Waals surface area contributed by atoms with E-state index in [1.54, 1.807) is 11.3 Å². The third kappa shape index (κ3) is 3.39. The Hall–Kier alpha value is -1.10. The van der Waals surface area contributed by atoms with Gasteiger partial charge in [-0.3, -0.25) is 0 Å². The van der Waals surface area contributed by atoms with Gasteiger partial charge in [0.25, 0.3) is 0 Å². The summed E-state index contributed by atoms with van der Waals surface area (Å²) < 4.78 is 3.59. The second-order valence-electron chi connectivity index (χ2n) is 5.55. The van der Waals surface area contributed by atoms with E-state index in [0.29, 0.717) is 6.04 Å². The highest BCUT2D eigenvalue weighted by atomic mass is 79.9. The molecule has 0 saturated carbocycles. The van der Waals surface area contributed by atoms with Gasteiger partial charge in [0.1, 0.15) is 0 Å². The smallest absolute Gasteiger partial charge is 0.0573 e. The largest absolute Gasteiger partial charge is 0.338 e. The molecule has 0 radical (unpaired) electrons. The minimum absolute atomic E-state index is 0.493. The van der Waals surface area contributed by atoms with Crippen molar-refractivity contribution in [1.29, 1.82) is 0 Å². The molecule has 4 heteroatoms. The Kier molecular flexibility index (Phi) is 4.48. The normalized spacial score (nSPS) is 11.6. The Morgan fingerprint density at radius 2 is 2.05 bits per heavy atom. The molecule has 0 unspecified atom stereocenters. The SMILES string of the molecule is CC(C)NCc1cc2ccccc2n1Cc1cc(Br)cs1. The molecule has 0 aliphatic heterocycles. The number of halogens is 1. The molecule has 2 heterocycles. The second-order valence-corrected chi connectivity index (χ2v) is 7.46. The summed E-state index contributed by atoms with van der Waals surface area (Å²) in [5, 5.41) is 6.99. The number of thiophene rings is 1. The van der Waals surface area contributed by atoms with Crippen molar-refractivity contribution in [3.8, 4) is 0 Å². The minimum Gasteiger partial charge on any atom is -0.338 e. The number of nitrogens with zero attached hydrogens (tertiary/aromatic N) is 1. The summed E-state index contributed by atoms with van der Waals surface area (Å²) in [4.78, 5) is 1.37. The lowest BCUT2D eigenvalue weighted by Crippen LogP contribution is -2.23. The summed E-state index contributed by atoms with van der Waals surface area (Å²) in [5.41, 5.74) is 2.65. The van der Waals surface area contributed by atoms with Gasteiger partial charge in [0.15, 0.2) is 0 Å². The van der Waals surface area contributed by atoms with Gasteiger partial charge in [-0.05, 0) is 39.5 Å². The molecule has 2 aromatic heterocycles. The number of hydrogen-bond acceptors (Lipinski definition) is 2. The lowest BCUT2D eigenvalue weighted by molar-refractivity contribution is 0.568. The Morgan fingerprint density at radius 3 is 2.76 bits per heavy atom. The average Bonchev–Trinajstić information content (AvgIpc) is 3.01. The summed E-state index contributed by atoms with van der Waals surface area (Å²) in [5.74, 6) is 0. The first-order valence-corrected chi connectivity index (χ1v) is 8.84. The van der Waals surface area contributed by atoms with Crippen LogP contribution >= 0.6 is 27.3 Å². The molecule has 0 aliphatic rings. The van der Waals surface area contributed by atoms with Gasteiger partial charge in [-0.25, -0.2) is 0 Å². The number of fused-ring (bicyclic) bond motifs is 1. The van der Waals surface area contributed by atoms with Crippen LogP contribution in [-0.4, -0.2) is 10.6 Å². The lowest BCUT2D eigenvalue weighted by Gasteiger charge is -2.12. The molecule has 0 aliphatic carbocycles. The van der Waals surface area contributed by atoms with Gasteiger partial charge < -0.3 is 9.88 Å². The standard InChI is InChI=1S/C17H19BrN2S/c1-12(2)19-9-15-7-13-5-3-4-6-17(13)20(15)10-16-8-14(18)11-21-16/h3-8,11-12,19H,9-10H2,1-2H3. The summed E-state index contributed by atoms with van der Waals surface area (Å²) in [6.07, 6.45) is 0. The second kappa shape index (κ2) is 6.34. The zero-order valence-corrected chi connectivity index (χ0v) is 14.7. The molecular formula is C17H19BrN2S. The maximum atomic E-state index is 3.54. The fraction of sp³-hybridized carbons (Fsp3) is 0.294. The molecule has 0 saturated heterocycles. The maximum Gasteiger partial charge on any atom is 0.0573 e. The Labute approximate surface area is 137 Å². The monoisotopic (exact) mass is 362 g/mol. The number of hydrogen-bond donors (Lipinski definition) is 1. The average molecular weight is 363 g/mol. The number of rotatable bonds is 5. The van der Waals surface area contributed by atoms with E-state index in [4.69, 9.17) is 0 Å². The van der Waals surface area contributed by atoms with Crippen molar-refractivity contribution in [2.45, 2.75) is 33.0 Å². The first-order chi connectivity index (χ1) is 10.1. The molecule has 21 heavy (non-hydrogen) atoms. The van der Waals surface area contributed by atoms with E-state index >= 15 is 0 Å². The van der Waals surface area contributed by atoms with E-state index < -0.39 is 0 Å². The van der Waals surface area contributed by atoms with E-state index in [2.05, 4.69) is 81.4 Å². The predicted molar refractivity (Wildman–Crippen MR) is 95.0 cm³/mol. The first kappa shape index (κ1) is 14.8. The van der Waals surface area contributed by atoms with Crippen LogP contribution in [0.2, 0.25) is 0 Å². The predicted octanol–water partition coefficient (Wildman–Crippen LogP) is 5.01. The molecule has 0 spiro atoms. The van der Waals surface area contributed by atoms with Crippen LogP contribution in [0.1, 0.15) is 24.4 Å². The minimum atomic E-state index is 0.493. The molecular weight excluding hydrogens is 344 g/mol. The van der Waals surface area contributed by atoms with Crippen LogP contribution in [0, 0.1) is 0 Å². The first-order valence-electron chi connectivity index (χ1n) is 7.17. The van der Waals surface area contributed by atoms with Crippen molar-refractivity contribution in [3.05, 3.63) is 56.8 Å². The van der Waals surface area contributed by atoms with Crippen LogP contribution in [0.4, 0.5) is 0 Å². The number of aromatic nitrogens is 1. The molecule has 0 fully saturated rings. The van der Waals surface area contributed by atoms with Gasteiger partial charge in [-0.2, -0.15) is 0 Å². The third-order valence-corrected chi connectivity index (χ3v) is 5.21. The topological polar surface area (TPSA) is 17.0 Å². The Bertz CT molecular complexity index is 742. The van der Waals surface area contributed by atoms with Crippen molar-refractivity contribution in [2.75, 3.05) is 0 Å². The molecule has 0 atom stereocenters. The van der Waals surface area contributed by atoms with E-state index in [1.165, 1.54) is 25.9 Å². The van der Waals surface area contributed by atoms with Crippen molar-refractivity contribution in [3.63, 3.8) is 0 Å². The molecule has 0 amide bonds. The highest BCUT2D eigenvalue weighted by Gasteiger charge is 2.10. The molecule has 3 aromatic rings. The number of benzene rings is 1. The van der Waals surface area contributed by atoms with Crippen LogP contribution < -0.4 is 5.32 Å². The van der Waals surface area contributed by atoms with Crippen molar-refractivity contribution in [1.82, 2.24) is 9.88 Å².